The molecular formula is C39H42Cl2N4O4. The quantitative estimate of drug-likeness (QED) is 0.108. The lowest BCUT2D eigenvalue weighted by atomic mass is 9.98. The summed E-state index contributed by atoms with van der Waals surface area (Å²) in [5, 5.41) is 7.10. The Morgan fingerprint density at radius 2 is 1.69 bits per heavy atom. The number of benzene rings is 3. The lowest BCUT2D eigenvalue weighted by Crippen LogP contribution is -2.33. The minimum absolute atomic E-state index is 0.0224. The summed E-state index contributed by atoms with van der Waals surface area (Å²) in [6.45, 7) is 10.2. The molecule has 3 aromatic carbocycles. The standard InChI is InChI=1S/C39H42Cl2N4O4/c1-23-21-28(22-24(2)35(23)41)49-20-9-13-30-31-14-15-32(40)34(33-25(3)42-43(5)26(33)4)36(31)45-18-10-17-44(38(46)37(30)45)19-16-27-11-7-8-12-29(27)39(47)48-6/h7-8,11-12,14-15,21-22H,9-10,13,16-20H2,1-6H3. The Morgan fingerprint density at radius 3 is 2.39 bits per heavy atom. The fourth-order valence-electron chi connectivity index (χ4n) is 7.20. The molecule has 0 N–H and O–H groups in total. The Labute approximate surface area is 297 Å². The number of hydrogen-bond donors (Lipinski definition) is 0. The van der Waals surface area contributed by atoms with E-state index in [0.717, 1.165) is 72.9 Å². The second-order valence-electron chi connectivity index (χ2n) is 12.8. The molecule has 1 amide bonds. The zero-order valence-corrected chi connectivity index (χ0v) is 30.5. The van der Waals surface area contributed by atoms with E-state index in [-0.39, 0.29) is 11.9 Å². The number of nitrogens with zero attached hydrogens (tertiary/aromatic N) is 4. The number of halogens is 2. The number of rotatable bonds is 10. The van der Waals surface area contributed by atoms with Gasteiger partial charge in [-0.05, 0) is 99.9 Å². The number of aryl methyl sites for hydroxylation is 6. The van der Waals surface area contributed by atoms with Crippen LogP contribution in [-0.4, -0.2) is 57.9 Å². The third kappa shape index (κ3) is 6.56. The molecule has 256 valence electrons. The van der Waals surface area contributed by atoms with Gasteiger partial charge in [-0.3, -0.25) is 9.48 Å². The third-order valence-corrected chi connectivity index (χ3v) is 10.6. The predicted molar refractivity (Wildman–Crippen MR) is 195 cm³/mol. The Kier molecular flexibility index (Phi) is 10.1. The van der Waals surface area contributed by atoms with Crippen molar-refractivity contribution in [3.63, 3.8) is 0 Å². The molecule has 0 atom stereocenters. The van der Waals surface area contributed by atoms with E-state index in [1.54, 1.807) is 6.07 Å². The molecule has 2 aromatic heterocycles. The smallest absolute Gasteiger partial charge is 0.338 e. The molecule has 49 heavy (non-hydrogen) atoms. The first-order valence-corrected chi connectivity index (χ1v) is 17.5. The SMILES string of the molecule is COC(=O)c1ccccc1CCN1CCCn2c(c(CCCOc3cc(C)c(Cl)c(C)c3)c3ccc(Cl)c(-c4c(C)nn(C)c4C)c32)C1=O. The topological polar surface area (TPSA) is 78.6 Å². The number of amides is 1. The minimum Gasteiger partial charge on any atom is -0.494 e. The van der Waals surface area contributed by atoms with Crippen molar-refractivity contribution in [2.24, 2.45) is 7.05 Å². The van der Waals surface area contributed by atoms with Crippen LogP contribution in [0.2, 0.25) is 10.0 Å². The number of esters is 1. The van der Waals surface area contributed by atoms with Crippen molar-refractivity contribution >= 4 is 46.0 Å². The first-order chi connectivity index (χ1) is 23.5. The van der Waals surface area contributed by atoms with Gasteiger partial charge in [-0.2, -0.15) is 5.10 Å². The van der Waals surface area contributed by atoms with E-state index in [1.807, 2.05) is 80.7 Å². The molecule has 0 aliphatic carbocycles. The summed E-state index contributed by atoms with van der Waals surface area (Å²) in [6.07, 6.45) is 2.65. The Bertz CT molecular complexity index is 2060. The van der Waals surface area contributed by atoms with E-state index in [1.165, 1.54) is 7.11 Å². The first kappa shape index (κ1) is 34.6. The molecule has 0 unspecified atom stereocenters. The zero-order valence-electron chi connectivity index (χ0n) is 29.0. The van der Waals surface area contributed by atoms with Gasteiger partial charge in [0.2, 0.25) is 0 Å². The van der Waals surface area contributed by atoms with Gasteiger partial charge in [0.25, 0.3) is 5.91 Å². The summed E-state index contributed by atoms with van der Waals surface area (Å²) in [4.78, 5) is 29.1. The van der Waals surface area contributed by atoms with Crippen LogP contribution in [-0.2, 0) is 31.2 Å². The number of carbonyl (C=O) groups excluding carboxylic acids is 2. The number of aromatic nitrogens is 3. The number of ether oxygens (including phenoxy) is 2. The molecule has 6 rings (SSSR count). The highest BCUT2D eigenvalue weighted by Crippen LogP contribution is 2.43. The fourth-order valence-corrected chi connectivity index (χ4v) is 7.56. The Balaban J connectivity index is 1.39. The first-order valence-electron chi connectivity index (χ1n) is 16.7. The van der Waals surface area contributed by atoms with Crippen LogP contribution in [0.3, 0.4) is 0 Å². The average molecular weight is 702 g/mol. The van der Waals surface area contributed by atoms with Crippen LogP contribution in [0.5, 0.6) is 5.75 Å². The van der Waals surface area contributed by atoms with Crippen molar-refractivity contribution in [3.05, 3.63) is 103 Å². The summed E-state index contributed by atoms with van der Waals surface area (Å²) in [7, 11) is 3.32. The minimum atomic E-state index is -0.378. The molecule has 8 nitrogen and oxygen atoms in total. The summed E-state index contributed by atoms with van der Waals surface area (Å²) in [5.41, 5.74) is 9.78. The van der Waals surface area contributed by atoms with Crippen LogP contribution in [0.25, 0.3) is 22.0 Å². The lowest BCUT2D eigenvalue weighted by molar-refractivity contribution is 0.0599. The van der Waals surface area contributed by atoms with Crippen LogP contribution in [0, 0.1) is 27.7 Å². The lowest BCUT2D eigenvalue weighted by Gasteiger charge is -2.21. The predicted octanol–water partition coefficient (Wildman–Crippen LogP) is 8.47. The van der Waals surface area contributed by atoms with E-state index < -0.39 is 0 Å². The molecule has 10 heteroatoms. The van der Waals surface area contributed by atoms with Crippen LogP contribution in [0.1, 0.15) is 67.3 Å². The van der Waals surface area contributed by atoms with Gasteiger partial charge in [0.15, 0.2) is 0 Å². The van der Waals surface area contributed by atoms with Gasteiger partial charge in [0, 0.05) is 53.9 Å². The third-order valence-electron chi connectivity index (χ3n) is 9.66. The van der Waals surface area contributed by atoms with Gasteiger partial charge < -0.3 is 18.9 Å². The second kappa shape index (κ2) is 14.3. The molecule has 1 aliphatic heterocycles. The zero-order chi connectivity index (χ0) is 35.0. The maximum Gasteiger partial charge on any atom is 0.338 e. The highest BCUT2D eigenvalue weighted by atomic mass is 35.5. The molecule has 0 spiro atoms. The summed E-state index contributed by atoms with van der Waals surface area (Å²) in [6, 6.07) is 15.3. The molecule has 0 fully saturated rings. The Morgan fingerprint density at radius 1 is 0.959 bits per heavy atom. The highest BCUT2D eigenvalue weighted by molar-refractivity contribution is 6.35. The van der Waals surface area contributed by atoms with Gasteiger partial charge >= 0.3 is 5.97 Å². The van der Waals surface area contributed by atoms with Crippen molar-refractivity contribution in [1.29, 1.82) is 0 Å². The number of carbonyl (C=O) groups is 2. The summed E-state index contributed by atoms with van der Waals surface area (Å²) in [5.74, 6) is 0.383. The van der Waals surface area contributed by atoms with Crippen molar-refractivity contribution in [2.75, 3.05) is 26.8 Å². The van der Waals surface area contributed by atoms with E-state index >= 15 is 0 Å². The molecular weight excluding hydrogens is 659 g/mol. The molecule has 0 radical (unpaired) electrons. The molecule has 3 heterocycles. The fraction of sp³-hybridized carbons (Fsp3) is 0.359. The van der Waals surface area contributed by atoms with Crippen LogP contribution in [0.4, 0.5) is 0 Å². The monoisotopic (exact) mass is 700 g/mol. The molecule has 5 aromatic rings. The van der Waals surface area contributed by atoms with Crippen LogP contribution < -0.4 is 4.74 Å². The van der Waals surface area contributed by atoms with E-state index in [2.05, 4.69) is 10.6 Å². The average Bonchev–Trinajstić information content (AvgIpc) is 3.46. The normalized spacial score (nSPS) is 13.1. The van der Waals surface area contributed by atoms with Gasteiger partial charge in [0.1, 0.15) is 11.4 Å². The van der Waals surface area contributed by atoms with Crippen molar-refractivity contribution in [3.8, 4) is 16.9 Å². The van der Waals surface area contributed by atoms with E-state index in [9.17, 15) is 9.59 Å². The van der Waals surface area contributed by atoms with Crippen LogP contribution in [0.15, 0.2) is 48.5 Å². The molecule has 0 bridgehead atoms. The summed E-state index contributed by atoms with van der Waals surface area (Å²) >= 11 is 13.4. The van der Waals surface area contributed by atoms with Gasteiger partial charge in [-0.25, -0.2) is 4.79 Å². The van der Waals surface area contributed by atoms with Gasteiger partial charge in [0.05, 0.1) is 35.5 Å². The number of hydrogen-bond acceptors (Lipinski definition) is 5. The number of fused-ring (bicyclic) bond motifs is 3. The van der Waals surface area contributed by atoms with Gasteiger partial charge in [-0.15, -0.1) is 0 Å². The van der Waals surface area contributed by atoms with Crippen molar-refractivity contribution in [2.45, 2.75) is 59.9 Å². The van der Waals surface area contributed by atoms with Crippen LogP contribution >= 0.6 is 23.2 Å². The van der Waals surface area contributed by atoms with Gasteiger partial charge in [-0.1, -0.05) is 47.5 Å². The Hall–Kier alpha value is -4.27. The summed E-state index contributed by atoms with van der Waals surface area (Å²) < 4.78 is 15.3. The van der Waals surface area contributed by atoms with E-state index in [0.29, 0.717) is 61.8 Å². The largest absolute Gasteiger partial charge is 0.494 e. The maximum atomic E-state index is 14.7. The van der Waals surface area contributed by atoms with E-state index in [4.69, 9.17) is 37.8 Å². The number of methoxy groups -OCH3 is 1. The molecule has 1 aliphatic rings. The van der Waals surface area contributed by atoms with Crippen molar-refractivity contribution in [1.82, 2.24) is 19.2 Å². The van der Waals surface area contributed by atoms with Crippen molar-refractivity contribution < 1.29 is 19.1 Å². The maximum absolute atomic E-state index is 14.7. The molecule has 0 saturated carbocycles. The molecule has 0 saturated heterocycles. The second-order valence-corrected chi connectivity index (χ2v) is 13.6. The highest BCUT2D eigenvalue weighted by Gasteiger charge is 2.32.